The zero-order valence-electron chi connectivity index (χ0n) is 8.52. The van der Waals surface area contributed by atoms with Gasteiger partial charge in [0.25, 0.3) is 11.8 Å². The molecule has 0 radical (unpaired) electrons. The Balaban J connectivity index is 2.75. The number of methoxy groups -OCH3 is 2. The van der Waals surface area contributed by atoms with Crippen molar-refractivity contribution in [1.29, 1.82) is 0 Å². The van der Waals surface area contributed by atoms with Crippen molar-refractivity contribution in [3.8, 4) is 11.8 Å². The Bertz CT molecular complexity index is 499. The number of benzene rings is 1. The average molecular weight is 205 g/mol. The van der Waals surface area contributed by atoms with Crippen molar-refractivity contribution in [2.75, 3.05) is 20.0 Å². The van der Waals surface area contributed by atoms with Gasteiger partial charge in [0, 0.05) is 0 Å². The highest BCUT2D eigenvalue weighted by Crippen LogP contribution is 2.27. The number of hydrogen-bond acceptors (Lipinski definition) is 5. The van der Waals surface area contributed by atoms with Crippen LogP contribution in [0.3, 0.4) is 0 Å². The van der Waals surface area contributed by atoms with Crippen LogP contribution in [-0.2, 0) is 0 Å². The van der Waals surface area contributed by atoms with Crippen LogP contribution in [0.25, 0.3) is 11.0 Å². The summed E-state index contributed by atoms with van der Waals surface area (Å²) in [5.41, 5.74) is 7.65. The van der Waals surface area contributed by atoms with Crippen LogP contribution in [0, 0.1) is 0 Å². The van der Waals surface area contributed by atoms with E-state index in [9.17, 15) is 0 Å². The van der Waals surface area contributed by atoms with Crippen molar-refractivity contribution in [3.63, 3.8) is 0 Å². The number of para-hydroxylation sites is 1. The summed E-state index contributed by atoms with van der Waals surface area (Å²) in [6, 6.07) is 5.40. The van der Waals surface area contributed by atoms with E-state index in [-0.39, 0.29) is 0 Å². The number of rotatable bonds is 2. The van der Waals surface area contributed by atoms with Gasteiger partial charge in [-0.15, -0.1) is 0 Å². The SMILES string of the molecule is COc1nc2cccc(N)c2nc1OC. The lowest BCUT2D eigenvalue weighted by molar-refractivity contribution is 0.334. The van der Waals surface area contributed by atoms with E-state index in [1.54, 1.807) is 6.07 Å². The molecule has 1 heterocycles. The highest BCUT2D eigenvalue weighted by molar-refractivity contribution is 5.87. The second-order valence-corrected chi connectivity index (χ2v) is 2.96. The van der Waals surface area contributed by atoms with Gasteiger partial charge in [-0.25, -0.2) is 9.97 Å². The van der Waals surface area contributed by atoms with E-state index in [1.807, 2.05) is 12.1 Å². The first-order valence-corrected chi connectivity index (χ1v) is 4.40. The number of aromatic nitrogens is 2. The average Bonchev–Trinajstić information content (AvgIpc) is 2.28. The Morgan fingerprint density at radius 1 is 1.07 bits per heavy atom. The lowest BCUT2D eigenvalue weighted by atomic mass is 10.2. The van der Waals surface area contributed by atoms with E-state index in [2.05, 4.69) is 9.97 Å². The molecule has 2 N–H and O–H groups in total. The highest BCUT2D eigenvalue weighted by Gasteiger charge is 2.10. The van der Waals surface area contributed by atoms with Crippen LogP contribution >= 0.6 is 0 Å². The van der Waals surface area contributed by atoms with Crippen molar-refractivity contribution in [2.24, 2.45) is 0 Å². The lowest BCUT2D eigenvalue weighted by Crippen LogP contribution is -1.99. The molecule has 0 amide bonds. The van der Waals surface area contributed by atoms with Crippen LogP contribution in [-0.4, -0.2) is 24.2 Å². The lowest BCUT2D eigenvalue weighted by Gasteiger charge is -2.07. The zero-order valence-corrected chi connectivity index (χ0v) is 8.52. The Morgan fingerprint density at radius 3 is 2.40 bits per heavy atom. The van der Waals surface area contributed by atoms with Crippen molar-refractivity contribution >= 4 is 16.7 Å². The first kappa shape index (κ1) is 9.51. The second-order valence-electron chi connectivity index (χ2n) is 2.96. The Hall–Kier alpha value is -2.04. The molecule has 1 aromatic heterocycles. The van der Waals surface area contributed by atoms with Crippen LogP contribution in [0.2, 0.25) is 0 Å². The molecule has 0 spiro atoms. The summed E-state index contributed by atoms with van der Waals surface area (Å²) >= 11 is 0. The topological polar surface area (TPSA) is 70.3 Å². The molecule has 0 saturated carbocycles. The van der Waals surface area contributed by atoms with E-state index >= 15 is 0 Å². The highest BCUT2D eigenvalue weighted by atomic mass is 16.5. The van der Waals surface area contributed by atoms with Crippen LogP contribution in [0.4, 0.5) is 5.69 Å². The molecule has 0 aliphatic carbocycles. The van der Waals surface area contributed by atoms with E-state index in [1.165, 1.54) is 14.2 Å². The molecule has 0 fully saturated rings. The summed E-state index contributed by atoms with van der Waals surface area (Å²) in [4.78, 5) is 8.46. The third-order valence-corrected chi connectivity index (χ3v) is 2.05. The fourth-order valence-electron chi connectivity index (χ4n) is 1.33. The fraction of sp³-hybridized carbons (Fsp3) is 0.200. The number of hydrogen-bond donors (Lipinski definition) is 1. The largest absolute Gasteiger partial charge is 0.477 e. The van der Waals surface area contributed by atoms with E-state index in [0.717, 1.165) is 0 Å². The smallest absolute Gasteiger partial charge is 0.278 e. The van der Waals surface area contributed by atoms with Gasteiger partial charge in [0.1, 0.15) is 5.52 Å². The van der Waals surface area contributed by atoms with Gasteiger partial charge in [-0.1, -0.05) is 6.07 Å². The summed E-state index contributed by atoms with van der Waals surface area (Å²) in [6.07, 6.45) is 0. The summed E-state index contributed by atoms with van der Waals surface area (Å²) in [5, 5.41) is 0. The van der Waals surface area contributed by atoms with Gasteiger partial charge < -0.3 is 15.2 Å². The maximum absolute atomic E-state index is 5.77. The molecular weight excluding hydrogens is 194 g/mol. The van der Waals surface area contributed by atoms with Gasteiger partial charge in [0.2, 0.25) is 0 Å². The maximum Gasteiger partial charge on any atom is 0.278 e. The normalized spacial score (nSPS) is 10.3. The molecule has 0 aliphatic rings. The summed E-state index contributed by atoms with van der Waals surface area (Å²) < 4.78 is 10.1. The Kier molecular flexibility index (Phi) is 2.29. The summed E-state index contributed by atoms with van der Waals surface area (Å²) in [7, 11) is 3.03. The van der Waals surface area contributed by atoms with E-state index in [4.69, 9.17) is 15.2 Å². The Labute approximate surface area is 86.8 Å². The van der Waals surface area contributed by atoms with Gasteiger partial charge in [-0.05, 0) is 12.1 Å². The molecule has 0 bridgehead atoms. The van der Waals surface area contributed by atoms with Crippen molar-refractivity contribution in [1.82, 2.24) is 9.97 Å². The second kappa shape index (κ2) is 3.61. The van der Waals surface area contributed by atoms with Crippen molar-refractivity contribution < 1.29 is 9.47 Å². The molecule has 2 aromatic rings. The number of nitrogens with two attached hydrogens (primary N) is 1. The monoisotopic (exact) mass is 205 g/mol. The van der Waals surface area contributed by atoms with Gasteiger partial charge >= 0.3 is 0 Å². The summed E-state index contributed by atoms with van der Waals surface area (Å²) in [6.45, 7) is 0. The number of anilines is 1. The standard InChI is InChI=1S/C10H11N3O2/c1-14-9-10(15-2)13-8-6(11)4-3-5-7(8)12-9/h3-5H,11H2,1-2H3. The number of nitrogens with zero attached hydrogens (tertiary/aromatic N) is 2. The van der Waals surface area contributed by atoms with Crippen LogP contribution in [0.1, 0.15) is 0 Å². The number of ether oxygens (including phenoxy) is 2. The van der Waals surface area contributed by atoms with Crippen LogP contribution < -0.4 is 15.2 Å². The van der Waals surface area contributed by atoms with E-state index in [0.29, 0.717) is 28.5 Å². The number of nitrogen functional groups attached to an aromatic ring is 1. The maximum atomic E-state index is 5.77. The molecule has 78 valence electrons. The van der Waals surface area contributed by atoms with Gasteiger partial charge in [-0.3, -0.25) is 0 Å². The third-order valence-electron chi connectivity index (χ3n) is 2.05. The van der Waals surface area contributed by atoms with Crippen LogP contribution in [0.5, 0.6) is 11.8 Å². The molecule has 1 aromatic carbocycles. The minimum atomic E-state index is 0.336. The molecule has 15 heavy (non-hydrogen) atoms. The van der Waals surface area contributed by atoms with E-state index < -0.39 is 0 Å². The fourth-order valence-corrected chi connectivity index (χ4v) is 1.33. The molecular formula is C10H11N3O2. The molecule has 5 nitrogen and oxygen atoms in total. The minimum Gasteiger partial charge on any atom is -0.477 e. The third kappa shape index (κ3) is 1.52. The van der Waals surface area contributed by atoms with Gasteiger partial charge in [0.05, 0.1) is 25.4 Å². The molecule has 5 heteroatoms. The van der Waals surface area contributed by atoms with Gasteiger partial charge in [-0.2, -0.15) is 0 Å². The summed E-state index contributed by atoms with van der Waals surface area (Å²) in [5.74, 6) is 0.693. The van der Waals surface area contributed by atoms with Crippen LogP contribution in [0.15, 0.2) is 18.2 Å². The molecule has 0 aliphatic heterocycles. The predicted molar refractivity (Wildman–Crippen MR) is 57.1 cm³/mol. The molecule has 2 rings (SSSR count). The van der Waals surface area contributed by atoms with Crippen molar-refractivity contribution in [3.05, 3.63) is 18.2 Å². The molecule has 0 unspecified atom stereocenters. The van der Waals surface area contributed by atoms with Gasteiger partial charge in [0.15, 0.2) is 0 Å². The van der Waals surface area contributed by atoms with Crippen molar-refractivity contribution in [2.45, 2.75) is 0 Å². The Morgan fingerprint density at radius 2 is 1.73 bits per heavy atom. The quantitative estimate of drug-likeness (QED) is 0.746. The predicted octanol–water partition coefficient (Wildman–Crippen LogP) is 1.23. The molecule has 0 atom stereocenters. The zero-order chi connectivity index (χ0) is 10.8. The first-order valence-electron chi connectivity index (χ1n) is 4.40. The minimum absolute atomic E-state index is 0.336. The molecule has 0 saturated heterocycles. The first-order chi connectivity index (χ1) is 7.26. The number of fused-ring (bicyclic) bond motifs is 1.